The van der Waals surface area contributed by atoms with E-state index in [1.807, 2.05) is 0 Å². The van der Waals surface area contributed by atoms with Crippen molar-refractivity contribution in [1.82, 2.24) is 5.32 Å². The topological polar surface area (TPSA) is 38.3 Å². The van der Waals surface area contributed by atoms with E-state index in [1.54, 1.807) is 25.3 Å². The lowest BCUT2D eigenvalue weighted by atomic mass is 9.97. The number of ketones is 1. The number of halogens is 1. The van der Waals surface area contributed by atoms with Crippen molar-refractivity contribution < 1.29 is 9.53 Å². The maximum Gasteiger partial charge on any atom is 0.166 e. The maximum atomic E-state index is 12.2. The number of hydrogen-bond donors (Lipinski definition) is 1. The van der Waals surface area contributed by atoms with Gasteiger partial charge in [-0.2, -0.15) is 0 Å². The number of carbonyl (C=O) groups is 1. The summed E-state index contributed by atoms with van der Waals surface area (Å²) in [6, 6.07) is 5.15. The summed E-state index contributed by atoms with van der Waals surface area (Å²) in [6.45, 7) is 1.93. The number of hydrogen-bond acceptors (Lipinski definition) is 3. The molecule has 0 amide bonds. The normalized spacial score (nSPS) is 19.3. The fraction of sp³-hybridized carbons (Fsp3) is 0.462. The fourth-order valence-corrected chi connectivity index (χ4v) is 2.33. The molecule has 0 radical (unpaired) electrons. The summed E-state index contributed by atoms with van der Waals surface area (Å²) in [6.07, 6.45) is 1.62. The zero-order valence-corrected chi connectivity index (χ0v) is 10.6. The number of nitrogens with one attached hydrogen (secondary N) is 1. The third kappa shape index (κ3) is 2.99. The minimum atomic E-state index is 0.109. The van der Waals surface area contributed by atoms with Gasteiger partial charge in [0.25, 0.3) is 0 Å². The molecule has 17 heavy (non-hydrogen) atoms. The number of rotatable bonds is 4. The first-order valence-electron chi connectivity index (χ1n) is 5.78. The van der Waals surface area contributed by atoms with Crippen LogP contribution in [0.5, 0.6) is 5.75 Å². The predicted octanol–water partition coefficient (Wildman–Crippen LogP) is 2.53. The van der Waals surface area contributed by atoms with E-state index in [4.69, 9.17) is 16.3 Å². The monoisotopic (exact) mass is 253 g/mol. The smallest absolute Gasteiger partial charge is 0.166 e. The van der Waals surface area contributed by atoms with Crippen LogP contribution in [-0.2, 0) is 0 Å². The summed E-state index contributed by atoms with van der Waals surface area (Å²) < 4.78 is 5.19. The number of Topliss-reactive ketones (excluding diaryl/α,β-unsaturated/α-hetero) is 1. The molecule has 0 spiro atoms. The molecule has 3 nitrogen and oxygen atoms in total. The number of carbonyl (C=O) groups excluding carboxylic acids is 1. The van der Waals surface area contributed by atoms with Crippen LogP contribution < -0.4 is 10.1 Å². The molecule has 0 bridgehead atoms. The van der Waals surface area contributed by atoms with Gasteiger partial charge in [-0.1, -0.05) is 11.6 Å². The van der Waals surface area contributed by atoms with Crippen molar-refractivity contribution in [3.8, 4) is 5.75 Å². The van der Waals surface area contributed by atoms with Gasteiger partial charge in [0.05, 0.1) is 12.7 Å². The zero-order chi connectivity index (χ0) is 12.3. The minimum Gasteiger partial charge on any atom is -0.496 e. The molecule has 92 valence electrons. The van der Waals surface area contributed by atoms with E-state index < -0.39 is 0 Å². The predicted molar refractivity (Wildman–Crippen MR) is 67.9 cm³/mol. The van der Waals surface area contributed by atoms with E-state index >= 15 is 0 Å². The Morgan fingerprint density at radius 3 is 3.06 bits per heavy atom. The van der Waals surface area contributed by atoms with Crippen LogP contribution in [0.1, 0.15) is 23.2 Å². The van der Waals surface area contributed by atoms with Gasteiger partial charge in [-0.15, -0.1) is 0 Å². The number of methoxy groups -OCH3 is 1. The Balaban J connectivity index is 2.14. The number of benzene rings is 1. The Morgan fingerprint density at radius 2 is 2.41 bits per heavy atom. The SMILES string of the molecule is COc1ccc(Cl)cc1C(=O)CC1CCNC1. The Labute approximate surface area is 106 Å². The first-order valence-corrected chi connectivity index (χ1v) is 6.16. The van der Waals surface area contributed by atoms with Gasteiger partial charge in [0.1, 0.15) is 5.75 Å². The fourth-order valence-electron chi connectivity index (χ4n) is 2.16. The molecule has 1 aromatic rings. The average Bonchev–Trinajstić information content (AvgIpc) is 2.81. The molecule has 1 fully saturated rings. The molecule has 1 saturated heterocycles. The molecule has 1 aromatic carbocycles. The molecular weight excluding hydrogens is 238 g/mol. The van der Waals surface area contributed by atoms with Crippen LogP contribution in [-0.4, -0.2) is 26.0 Å². The lowest BCUT2D eigenvalue weighted by Crippen LogP contribution is -2.13. The van der Waals surface area contributed by atoms with Crippen LogP contribution in [0.25, 0.3) is 0 Å². The molecule has 1 aliphatic heterocycles. The van der Waals surface area contributed by atoms with Crippen molar-refractivity contribution >= 4 is 17.4 Å². The van der Waals surface area contributed by atoms with Gasteiger partial charge in [-0.05, 0) is 43.6 Å². The van der Waals surface area contributed by atoms with Crippen molar-refractivity contribution in [2.75, 3.05) is 20.2 Å². The molecular formula is C13H16ClNO2. The zero-order valence-electron chi connectivity index (χ0n) is 9.83. The van der Waals surface area contributed by atoms with Crippen molar-refractivity contribution in [2.24, 2.45) is 5.92 Å². The Morgan fingerprint density at radius 1 is 1.59 bits per heavy atom. The molecule has 1 N–H and O–H groups in total. The van der Waals surface area contributed by atoms with E-state index in [-0.39, 0.29) is 5.78 Å². The lowest BCUT2D eigenvalue weighted by Gasteiger charge is -2.10. The maximum absolute atomic E-state index is 12.2. The number of ether oxygens (including phenoxy) is 1. The van der Waals surface area contributed by atoms with Crippen molar-refractivity contribution in [3.63, 3.8) is 0 Å². The van der Waals surface area contributed by atoms with Gasteiger partial charge in [0.2, 0.25) is 0 Å². The Bertz CT molecular complexity index is 414. The highest BCUT2D eigenvalue weighted by molar-refractivity contribution is 6.31. The summed E-state index contributed by atoms with van der Waals surface area (Å²) in [7, 11) is 1.57. The van der Waals surface area contributed by atoms with Gasteiger partial charge < -0.3 is 10.1 Å². The van der Waals surface area contributed by atoms with Crippen molar-refractivity contribution in [2.45, 2.75) is 12.8 Å². The van der Waals surface area contributed by atoms with Gasteiger partial charge in [0, 0.05) is 11.4 Å². The third-order valence-corrected chi connectivity index (χ3v) is 3.33. The van der Waals surface area contributed by atoms with Crippen molar-refractivity contribution in [3.05, 3.63) is 28.8 Å². The van der Waals surface area contributed by atoms with E-state index in [2.05, 4.69) is 5.32 Å². The summed E-state index contributed by atoms with van der Waals surface area (Å²) in [5, 5.41) is 3.83. The molecule has 4 heteroatoms. The minimum absolute atomic E-state index is 0.109. The van der Waals surface area contributed by atoms with Crippen molar-refractivity contribution in [1.29, 1.82) is 0 Å². The molecule has 2 rings (SSSR count). The first-order chi connectivity index (χ1) is 8.20. The van der Waals surface area contributed by atoms with Gasteiger partial charge >= 0.3 is 0 Å². The second-order valence-corrected chi connectivity index (χ2v) is 4.77. The molecule has 1 unspecified atom stereocenters. The van der Waals surface area contributed by atoms with E-state index in [0.717, 1.165) is 19.5 Å². The quantitative estimate of drug-likeness (QED) is 0.838. The highest BCUT2D eigenvalue weighted by Gasteiger charge is 2.21. The summed E-state index contributed by atoms with van der Waals surface area (Å²) in [5.41, 5.74) is 0.590. The standard InChI is InChI=1S/C13H16ClNO2/c1-17-13-3-2-10(14)7-11(13)12(16)6-9-4-5-15-8-9/h2-3,7,9,15H,4-6,8H2,1H3. The molecule has 1 aliphatic rings. The average molecular weight is 254 g/mol. The Hall–Kier alpha value is -1.06. The van der Waals surface area contributed by atoms with Crippen LogP contribution in [0.3, 0.4) is 0 Å². The van der Waals surface area contributed by atoms with Crippen LogP contribution in [0.2, 0.25) is 5.02 Å². The third-order valence-electron chi connectivity index (χ3n) is 3.10. The van der Waals surface area contributed by atoms with E-state index in [0.29, 0.717) is 28.7 Å². The van der Waals surface area contributed by atoms with E-state index in [1.165, 1.54) is 0 Å². The highest BCUT2D eigenvalue weighted by Crippen LogP contribution is 2.26. The van der Waals surface area contributed by atoms with Gasteiger partial charge in [0.15, 0.2) is 5.78 Å². The van der Waals surface area contributed by atoms with Gasteiger partial charge in [-0.3, -0.25) is 4.79 Å². The summed E-state index contributed by atoms with van der Waals surface area (Å²) in [4.78, 5) is 12.2. The van der Waals surface area contributed by atoms with Crippen LogP contribution in [0.4, 0.5) is 0 Å². The Kier molecular flexibility index (Phi) is 4.02. The summed E-state index contributed by atoms with van der Waals surface area (Å²) >= 11 is 5.91. The molecule has 1 heterocycles. The molecule has 0 aliphatic carbocycles. The molecule has 1 atom stereocenters. The lowest BCUT2D eigenvalue weighted by molar-refractivity contribution is 0.0961. The highest BCUT2D eigenvalue weighted by atomic mass is 35.5. The second-order valence-electron chi connectivity index (χ2n) is 4.33. The van der Waals surface area contributed by atoms with Crippen LogP contribution >= 0.6 is 11.6 Å². The van der Waals surface area contributed by atoms with Crippen LogP contribution in [0, 0.1) is 5.92 Å². The first kappa shape index (κ1) is 12.4. The van der Waals surface area contributed by atoms with E-state index in [9.17, 15) is 4.79 Å². The van der Waals surface area contributed by atoms with Gasteiger partial charge in [-0.25, -0.2) is 0 Å². The second kappa shape index (κ2) is 5.52. The molecule has 0 aromatic heterocycles. The largest absolute Gasteiger partial charge is 0.496 e. The summed E-state index contributed by atoms with van der Waals surface area (Å²) in [5.74, 6) is 1.15. The van der Waals surface area contributed by atoms with Crippen LogP contribution in [0.15, 0.2) is 18.2 Å². The molecule has 0 saturated carbocycles.